The van der Waals surface area contributed by atoms with Crippen molar-refractivity contribution in [3.63, 3.8) is 0 Å². The molecule has 0 radical (unpaired) electrons. The SMILES string of the molecule is CCCCNc1ncc([N+](=O)[O-])c(N)n1. The first-order valence-corrected chi connectivity index (χ1v) is 4.66. The van der Waals surface area contributed by atoms with Crippen molar-refractivity contribution in [1.82, 2.24) is 9.97 Å². The predicted molar refractivity (Wildman–Crippen MR) is 56.5 cm³/mol. The van der Waals surface area contributed by atoms with Crippen LogP contribution in [0.1, 0.15) is 19.8 Å². The fraction of sp³-hybridized carbons (Fsp3) is 0.500. The average molecular weight is 211 g/mol. The molecule has 15 heavy (non-hydrogen) atoms. The summed E-state index contributed by atoms with van der Waals surface area (Å²) in [5, 5.41) is 13.3. The molecule has 0 unspecified atom stereocenters. The number of hydrogen-bond acceptors (Lipinski definition) is 6. The van der Waals surface area contributed by atoms with Gasteiger partial charge in [0, 0.05) is 6.54 Å². The van der Waals surface area contributed by atoms with Crippen molar-refractivity contribution in [1.29, 1.82) is 0 Å². The van der Waals surface area contributed by atoms with Gasteiger partial charge in [0.1, 0.15) is 6.20 Å². The first-order valence-electron chi connectivity index (χ1n) is 4.66. The molecule has 0 spiro atoms. The van der Waals surface area contributed by atoms with Crippen LogP contribution in [0.15, 0.2) is 6.20 Å². The highest BCUT2D eigenvalue weighted by Crippen LogP contribution is 2.17. The number of hydrogen-bond donors (Lipinski definition) is 2. The summed E-state index contributed by atoms with van der Waals surface area (Å²) in [6, 6.07) is 0. The van der Waals surface area contributed by atoms with E-state index in [2.05, 4.69) is 22.2 Å². The van der Waals surface area contributed by atoms with E-state index >= 15 is 0 Å². The van der Waals surface area contributed by atoms with Gasteiger partial charge in [0.05, 0.1) is 4.92 Å². The molecule has 0 aliphatic heterocycles. The Balaban J connectivity index is 2.69. The van der Waals surface area contributed by atoms with Gasteiger partial charge in [-0.25, -0.2) is 4.98 Å². The minimum Gasteiger partial charge on any atom is -0.378 e. The van der Waals surface area contributed by atoms with E-state index in [1.165, 1.54) is 0 Å². The number of rotatable bonds is 5. The van der Waals surface area contributed by atoms with E-state index in [9.17, 15) is 10.1 Å². The van der Waals surface area contributed by atoms with Crippen molar-refractivity contribution in [3.8, 4) is 0 Å². The van der Waals surface area contributed by atoms with E-state index in [0.717, 1.165) is 25.6 Å². The lowest BCUT2D eigenvalue weighted by atomic mass is 10.3. The van der Waals surface area contributed by atoms with Crippen LogP contribution in [0.25, 0.3) is 0 Å². The molecule has 0 atom stereocenters. The van der Waals surface area contributed by atoms with Crippen LogP contribution < -0.4 is 11.1 Å². The highest BCUT2D eigenvalue weighted by atomic mass is 16.6. The maximum atomic E-state index is 10.4. The number of nitrogens with one attached hydrogen (secondary N) is 1. The van der Waals surface area contributed by atoms with Crippen molar-refractivity contribution in [3.05, 3.63) is 16.3 Å². The van der Waals surface area contributed by atoms with Crippen LogP contribution in [0.5, 0.6) is 0 Å². The van der Waals surface area contributed by atoms with Gasteiger partial charge in [0.2, 0.25) is 11.8 Å². The first kappa shape index (κ1) is 11.2. The molecule has 1 aromatic rings. The van der Waals surface area contributed by atoms with Gasteiger partial charge in [-0.2, -0.15) is 4.98 Å². The average Bonchev–Trinajstić information content (AvgIpc) is 2.17. The molecule has 0 saturated carbocycles. The summed E-state index contributed by atoms with van der Waals surface area (Å²) in [6.45, 7) is 2.79. The largest absolute Gasteiger partial charge is 0.378 e. The van der Waals surface area contributed by atoms with Gasteiger partial charge in [-0.15, -0.1) is 0 Å². The summed E-state index contributed by atoms with van der Waals surface area (Å²) >= 11 is 0. The second kappa shape index (κ2) is 5.08. The highest BCUT2D eigenvalue weighted by molar-refractivity contribution is 5.53. The molecule has 82 valence electrons. The monoisotopic (exact) mass is 211 g/mol. The molecule has 0 amide bonds. The van der Waals surface area contributed by atoms with Crippen LogP contribution in [0.2, 0.25) is 0 Å². The second-order valence-electron chi connectivity index (χ2n) is 3.00. The number of unbranched alkanes of at least 4 members (excludes halogenated alkanes) is 1. The topological polar surface area (TPSA) is 107 Å². The van der Waals surface area contributed by atoms with Gasteiger partial charge in [0.25, 0.3) is 0 Å². The standard InChI is InChI=1S/C8H13N5O2/c1-2-3-4-10-8-11-5-6(13(14)15)7(9)12-8/h5H,2-4H2,1H3,(H3,9,10,11,12). The van der Waals surface area contributed by atoms with Crippen molar-refractivity contribution in [2.24, 2.45) is 0 Å². The number of nitrogen functional groups attached to an aromatic ring is 1. The summed E-state index contributed by atoms with van der Waals surface area (Å²) in [6.07, 6.45) is 3.15. The molecule has 3 N–H and O–H groups in total. The molecule has 1 heterocycles. The maximum Gasteiger partial charge on any atom is 0.329 e. The fourth-order valence-corrected chi connectivity index (χ4v) is 0.991. The Morgan fingerprint density at radius 1 is 1.67 bits per heavy atom. The summed E-state index contributed by atoms with van der Waals surface area (Å²) in [5.74, 6) is 0.209. The minimum absolute atomic E-state index is 0.117. The zero-order chi connectivity index (χ0) is 11.3. The van der Waals surface area contributed by atoms with Crippen molar-refractivity contribution < 1.29 is 4.92 Å². The molecule has 0 aliphatic carbocycles. The molecular formula is C8H13N5O2. The van der Waals surface area contributed by atoms with Gasteiger partial charge >= 0.3 is 5.69 Å². The Labute approximate surface area is 86.9 Å². The van der Waals surface area contributed by atoms with E-state index in [-0.39, 0.29) is 11.5 Å². The molecule has 0 aliphatic rings. The van der Waals surface area contributed by atoms with E-state index in [4.69, 9.17) is 5.73 Å². The Kier molecular flexibility index (Phi) is 3.78. The van der Waals surface area contributed by atoms with Crippen LogP contribution in [-0.2, 0) is 0 Å². The molecule has 7 nitrogen and oxygen atoms in total. The number of nitrogens with two attached hydrogens (primary N) is 1. The second-order valence-corrected chi connectivity index (χ2v) is 3.00. The summed E-state index contributed by atoms with van der Waals surface area (Å²) in [7, 11) is 0. The van der Waals surface area contributed by atoms with Gasteiger partial charge in [-0.1, -0.05) is 13.3 Å². The van der Waals surface area contributed by atoms with E-state index in [1.807, 2.05) is 0 Å². The minimum atomic E-state index is -0.606. The Bertz CT molecular complexity index is 355. The van der Waals surface area contributed by atoms with Crippen LogP contribution in [0.4, 0.5) is 17.5 Å². The zero-order valence-corrected chi connectivity index (χ0v) is 8.43. The molecule has 0 fully saturated rings. The fourth-order valence-electron chi connectivity index (χ4n) is 0.991. The summed E-state index contributed by atoms with van der Waals surface area (Å²) in [5.41, 5.74) is 5.13. The Morgan fingerprint density at radius 3 is 2.93 bits per heavy atom. The highest BCUT2D eigenvalue weighted by Gasteiger charge is 2.13. The van der Waals surface area contributed by atoms with E-state index in [0.29, 0.717) is 5.95 Å². The van der Waals surface area contributed by atoms with Crippen LogP contribution in [0.3, 0.4) is 0 Å². The maximum absolute atomic E-state index is 10.4. The molecular weight excluding hydrogens is 198 g/mol. The predicted octanol–water partition coefficient (Wildman–Crippen LogP) is 1.18. The quantitative estimate of drug-likeness (QED) is 0.430. The van der Waals surface area contributed by atoms with Crippen LogP contribution in [0, 0.1) is 10.1 Å². The van der Waals surface area contributed by atoms with Gasteiger partial charge in [0.15, 0.2) is 0 Å². The zero-order valence-electron chi connectivity index (χ0n) is 8.43. The molecule has 0 saturated heterocycles. The normalized spacial score (nSPS) is 9.93. The molecule has 1 aromatic heterocycles. The number of nitrogens with zero attached hydrogens (tertiary/aromatic N) is 3. The van der Waals surface area contributed by atoms with Gasteiger partial charge < -0.3 is 11.1 Å². The number of aromatic nitrogens is 2. The Hall–Kier alpha value is -1.92. The molecule has 0 aromatic carbocycles. The summed E-state index contributed by atoms with van der Waals surface area (Å²) in [4.78, 5) is 17.4. The van der Waals surface area contributed by atoms with Crippen LogP contribution in [-0.4, -0.2) is 21.4 Å². The lowest BCUT2D eigenvalue weighted by Crippen LogP contribution is -2.07. The number of anilines is 2. The van der Waals surface area contributed by atoms with Crippen molar-refractivity contribution in [2.75, 3.05) is 17.6 Å². The smallest absolute Gasteiger partial charge is 0.329 e. The molecule has 0 bridgehead atoms. The lowest BCUT2D eigenvalue weighted by Gasteiger charge is -2.03. The van der Waals surface area contributed by atoms with Gasteiger partial charge in [-0.3, -0.25) is 10.1 Å². The Morgan fingerprint density at radius 2 is 2.40 bits per heavy atom. The third-order valence-electron chi connectivity index (χ3n) is 1.81. The van der Waals surface area contributed by atoms with Crippen LogP contribution >= 0.6 is 0 Å². The summed E-state index contributed by atoms with van der Waals surface area (Å²) < 4.78 is 0. The van der Waals surface area contributed by atoms with Crippen molar-refractivity contribution in [2.45, 2.75) is 19.8 Å². The molecule has 7 heteroatoms. The van der Waals surface area contributed by atoms with E-state index in [1.54, 1.807) is 0 Å². The lowest BCUT2D eigenvalue weighted by molar-refractivity contribution is -0.384. The van der Waals surface area contributed by atoms with E-state index < -0.39 is 4.92 Å². The third-order valence-corrected chi connectivity index (χ3v) is 1.81. The molecule has 1 rings (SSSR count). The third kappa shape index (κ3) is 3.04. The van der Waals surface area contributed by atoms with Crippen molar-refractivity contribution >= 4 is 17.5 Å². The first-order chi connectivity index (χ1) is 7.15. The van der Waals surface area contributed by atoms with Gasteiger partial charge in [-0.05, 0) is 6.42 Å². The number of nitro groups is 1.